The molecule has 1 aromatic heterocycles. The number of pyridine rings is 1. The number of carbonyl (C=O) groups excluding carboxylic acids is 1. The summed E-state index contributed by atoms with van der Waals surface area (Å²) in [6.07, 6.45) is 2.99. The standard InChI is InChI=1S/C7H5FN2O/c8-10-4-5-3-9-2-1-6(5)7(10)11/h1-3H,4H2. The van der Waals surface area contributed by atoms with E-state index >= 15 is 0 Å². The van der Waals surface area contributed by atoms with E-state index in [1.54, 1.807) is 0 Å². The maximum atomic E-state index is 12.6. The SMILES string of the molecule is O=C1c2ccncc2CN1F. The second-order valence-electron chi connectivity index (χ2n) is 2.36. The van der Waals surface area contributed by atoms with Crippen molar-refractivity contribution in [1.82, 2.24) is 10.1 Å². The van der Waals surface area contributed by atoms with Gasteiger partial charge < -0.3 is 0 Å². The highest BCUT2D eigenvalue weighted by Crippen LogP contribution is 2.20. The molecule has 1 aromatic rings. The summed E-state index contributed by atoms with van der Waals surface area (Å²) in [6, 6.07) is 1.53. The lowest BCUT2D eigenvalue weighted by Gasteiger charge is -1.97. The Morgan fingerprint density at radius 2 is 2.45 bits per heavy atom. The molecule has 0 saturated carbocycles. The molecule has 2 rings (SSSR count). The van der Waals surface area contributed by atoms with Crippen molar-refractivity contribution in [2.24, 2.45) is 0 Å². The number of halogens is 1. The molecule has 0 bridgehead atoms. The third-order valence-corrected chi connectivity index (χ3v) is 1.66. The number of nitrogens with zero attached hydrogens (tertiary/aromatic N) is 2. The topological polar surface area (TPSA) is 33.2 Å². The zero-order chi connectivity index (χ0) is 7.84. The fraction of sp³-hybridized carbons (Fsp3) is 0.143. The number of rotatable bonds is 0. The van der Waals surface area contributed by atoms with E-state index in [1.807, 2.05) is 0 Å². The van der Waals surface area contributed by atoms with E-state index in [2.05, 4.69) is 4.98 Å². The summed E-state index contributed by atoms with van der Waals surface area (Å²) in [5.41, 5.74) is 1.07. The molecular weight excluding hydrogens is 147 g/mol. The van der Waals surface area contributed by atoms with Gasteiger partial charge in [-0.15, -0.1) is 0 Å². The molecule has 0 fully saturated rings. The first-order chi connectivity index (χ1) is 5.29. The van der Waals surface area contributed by atoms with Crippen molar-refractivity contribution in [1.29, 1.82) is 0 Å². The minimum atomic E-state index is -0.567. The number of fused-ring (bicyclic) bond motifs is 1. The van der Waals surface area contributed by atoms with E-state index in [-0.39, 0.29) is 11.7 Å². The van der Waals surface area contributed by atoms with E-state index in [4.69, 9.17) is 0 Å². The molecule has 3 nitrogen and oxygen atoms in total. The molecule has 0 aromatic carbocycles. The molecule has 1 aliphatic rings. The largest absolute Gasteiger partial charge is 0.282 e. The van der Waals surface area contributed by atoms with Gasteiger partial charge in [-0.25, -0.2) is 0 Å². The Morgan fingerprint density at radius 1 is 1.64 bits per heavy atom. The number of aromatic nitrogens is 1. The fourth-order valence-electron chi connectivity index (χ4n) is 1.11. The van der Waals surface area contributed by atoms with Crippen LogP contribution in [0.3, 0.4) is 0 Å². The Balaban J connectivity index is 2.55. The maximum Gasteiger partial charge on any atom is 0.282 e. The van der Waals surface area contributed by atoms with Crippen LogP contribution in [0.2, 0.25) is 0 Å². The summed E-state index contributed by atoms with van der Waals surface area (Å²) >= 11 is 0. The normalized spacial score (nSPS) is 15.4. The molecule has 0 spiro atoms. The zero-order valence-corrected chi connectivity index (χ0v) is 5.62. The van der Waals surface area contributed by atoms with Gasteiger partial charge in [0.1, 0.15) is 0 Å². The molecule has 56 valence electrons. The lowest BCUT2D eigenvalue weighted by molar-refractivity contribution is 0.0220. The number of hydrogen-bond donors (Lipinski definition) is 0. The molecular formula is C7H5FN2O. The summed E-state index contributed by atoms with van der Waals surface area (Å²) in [5, 5.41) is 0.187. The van der Waals surface area contributed by atoms with Crippen LogP contribution in [0.25, 0.3) is 0 Å². The summed E-state index contributed by atoms with van der Waals surface area (Å²) < 4.78 is 12.6. The van der Waals surface area contributed by atoms with Crippen molar-refractivity contribution in [2.75, 3.05) is 0 Å². The monoisotopic (exact) mass is 152 g/mol. The van der Waals surface area contributed by atoms with Gasteiger partial charge in [0.15, 0.2) is 0 Å². The van der Waals surface area contributed by atoms with Crippen LogP contribution >= 0.6 is 0 Å². The number of amides is 1. The third-order valence-electron chi connectivity index (χ3n) is 1.66. The first-order valence-corrected chi connectivity index (χ1v) is 3.19. The number of hydrogen-bond acceptors (Lipinski definition) is 2. The first kappa shape index (κ1) is 6.27. The van der Waals surface area contributed by atoms with Gasteiger partial charge in [0.05, 0.1) is 12.1 Å². The lowest BCUT2D eigenvalue weighted by Crippen LogP contribution is -2.12. The highest BCUT2D eigenvalue weighted by atomic mass is 19.2. The van der Waals surface area contributed by atoms with Crippen molar-refractivity contribution in [2.45, 2.75) is 6.54 Å². The maximum absolute atomic E-state index is 12.6. The van der Waals surface area contributed by atoms with E-state index in [0.717, 1.165) is 0 Å². The lowest BCUT2D eigenvalue weighted by atomic mass is 10.2. The van der Waals surface area contributed by atoms with Gasteiger partial charge in [-0.1, -0.05) is 4.48 Å². The smallest absolute Gasteiger partial charge is 0.266 e. The van der Waals surface area contributed by atoms with Gasteiger partial charge in [-0.3, -0.25) is 9.78 Å². The molecule has 0 atom stereocenters. The average molecular weight is 152 g/mol. The molecule has 0 saturated heterocycles. The van der Waals surface area contributed by atoms with Crippen molar-refractivity contribution in [3.8, 4) is 0 Å². The van der Waals surface area contributed by atoms with Gasteiger partial charge in [0.2, 0.25) is 0 Å². The molecule has 2 heterocycles. The van der Waals surface area contributed by atoms with Gasteiger partial charge >= 0.3 is 0 Å². The summed E-state index contributed by atoms with van der Waals surface area (Å²) in [7, 11) is 0. The molecule has 11 heavy (non-hydrogen) atoms. The Labute approximate surface area is 62.4 Å². The van der Waals surface area contributed by atoms with E-state index in [9.17, 15) is 9.28 Å². The van der Waals surface area contributed by atoms with Crippen LogP contribution in [-0.4, -0.2) is 16.0 Å². The van der Waals surface area contributed by atoms with Crippen molar-refractivity contribution in [3.63, 3.8) is 0 Å². The highest BCUT2D eigenvalue weighted by Gasteiger charge is 2.26. The second kappa shape index (κ2) is 2.02. The molecule has 1 amide bonds. The van der Waals surface area contributed by atoms with Gasteiger partial charge in [0.25, 0.3) is 5.91 Å². The molecule has 0 unspecified atom stereocenters. The van der Waals surface area contributed by atoms with Crippen LogP contribution < -0.4 is 0 Å². The Hall–Kier alpha value is -1.45. The van der Waals surface area contributed by atoms with Gasteiger partial charge in [0, 0.05) is 18.0 Å². The Kier molecular flexibility index (Phi) is 1.15. The summed E-state index contributed by atoms with van der Waals surface area (Å²) in [5.74, 6) is -0.567. The molecule has 1 aliphatic heterocycles. The Bertz CT molecular complexity index is 313. The van der Waals surface area contributed by atoms with E-state index in [0.29, 0.717) is 11.1 Å². The molecule has 0 N–H and O–H groups in total. The van der Waals surface area contributed by atoms with Crippen LogP contribution in [0.1, 0.15) is 15.9 Å². The minimum Gasteiger partial charge on any atom is -0.266 e. The van der Waals surface area contributed by atoms with Crippen molar-refractivity contribution < 1.29 is 9.28 Å². The van der Waals surface area contributed by atoms with Gasteiger partial charge in [-0.2, -0.15) is 5.12 Å². The molecule has 0 aliphatic carbocycles. The summed E-state index contributed by atoms with van der Waals surface area (Å²) in [6.45, 7) is 0.0298. The number of carbonyl (C=O) groups is 1. The highest BCUT2D eigenvalue weighted by molar-refractivity contribution is 5.97. The van der Waals surface area contributed by atoms with Crippen LogP contribution in [0.4, 0.5) is 4.48 Å². The van der Waals surface area contributed by atoms with Crippen LogP contribution in [0.15, 0.2) is 18.5 Å². The molecule has 0 radical (unpaired) electrons. The van der Waals surface area contributed by atoms with Crippen LogP contribution in [0, 0.1) is 0 Å². The van der Waals surface area contributed by atoms with E-state index in [1.165, 1.54) is 18.5 Å². The fourth-order valence-corrected chi connectivity index (χ4v) is 1.11. The summed E-state index contributed by atoms with van der Waals surface area (Å²) in [4.78, 5) is 14.7. The minimum absolute atomic E-state index is 0.0298. The predicted molar refractivity (Wildman–Crippen MR) is 35.2 cm³/mol. The van der Waals surface area contributed by atoms with Crippen molar-refractivity contribution in [3.05, 3.63) is 29.6 Å². The quantitative estimate of drug-likeness (QED) is 0.518. The molecule has 4 heteroatoms. The van der Waals surface area contributed by atoms with Crippen LogP contribution in [-0.2, 0) is 6.54 Å². The first-order valence-electron chi connectivity index (χ1n) is 3.19. The Morgan fingerprint density at radius 3 is 3.18 bits per heavy atom. The predicted octanol–water partition coefficient (Wildman–Crippen LogP) is 0.922. The second-order valence-corrected chi connectivity index (χ2v) is 2.36. The van der Waals surface area contributed by atoms with Crippen LogP contribution in [0.5, 0.6) is 0 Å². The van der Waals surface area contributed by atoms with Gasteiger partial charge in [-0.05, 0) is 6.07 Å². The third kappa shape index (κ3) is 0.790. The zero-order valence-electron chi connectivity index (χ0n) is 5.62. The average Bonchev–Trinajstić information content (AvgIpc) is 2.30. The van der Waals surface area contributed by atoms with Crippen molar-refractivity contribution >= 4 is 5.91 Å². The van der Waals surface area contributed by atoms with E-state index < -0.39 is 5.91 Å².